The van der Waals surface area contributed by atoms with Crippen LogP contribution in [0.15, 0.2) is 30.3 Å². The molecule has 88 valence electrons. The van der Waals surface area contributed by atoms with Crippen LogP contribution in [0.4, 0.5) is 0 Å². The molecule has 1 saturated heterocycles. The summed E-state index contributed by atoms with van der Waals surface area (Å²) in [5.74, 6) is 0. The van der Waals surface area contributed by atoms with Crippen LogP contribution in [0, 0.1) is 0 Å². The zero-order valence-corrected chi connectivity index (χ0v) is 8.95. The first-order chi connectivity index (χ1) is 7.72. The monoisotopic (exact) mass is 223 g/mol. The largest absolute Gasteiger partial charge is 0.395 e. The highest BCUT2D eigenvalue weighted by atomic mass is 16.3. The molecule has 0 radical (unpaired) electrons. The average Bonchev–Trinajstić information content (AvgIpc) is 2.58. The topological polar surface area (TPSA) is 72.7 Å². The first-order valence-electron chi connectivity index (χ1n) is 5.49. The second-order valence-electron chi connectivity index (χ2n) is 4.23. The quantitative estimate of drug-likeness (QED) is 0.546. The van der Waals surface area contributed by atoms with Gasteiger partial charge >= 0.3 is 0 Å². The Labute approximate surface area is 94.5 Å². The molecule has 0 saturated carbocycles. The fourth-order valence-electron chi connectivity index (χ4n) is 2.16. The minimum Gasteiger partial charge on any atom is -0.395 e. The van der Waals surface area contributed by atoms with Crippen LogP contribution >= 0.6 is 0 Å². The molecule has 0 aromatic heterocycles. The zero-order valence-electron chi connectivity index (χ0n) is 8.95. The van der Waals surface area contributed by atoms with E-state index < -0.39 is 18.2 Å². The van der Waals surface area contributed by atoms with Gasteiger partial charge in [0, 0.05) is 6.04 Å². The van der Waals surface area contributed by atoms with Crippen molar-refractivity contribution >= 4 is 0 Å². The molecule has 4 N–H and O–H groups in total. The van der Waals surface area contributed by atoms with Crippen molar-refractivity contribution < 1.29 is 15.3 Å². The average molecular weight is 223 g/mol. The molecule has 0 aliphatic carbocycles. The predicted molar refractivity (Wildman–Crippen MR) is 60.0 cm³/mol. The number of aliphatic hydroxyl groups excluding tert-OH is 3. The number of rotatable bonds is 3. The van der Waals surface area contributed by atoms with E-state index in [1.807, 2.05) is 30.3 Å². The van der Waals surface area contributed by atoms with E-state index in [0.29, 0.717) is 6.42 Å². The van der Waals surface area contributed by atoms with Crippen molar-refractivity contribution in [1.82, 2.24) is 5.32 Å². The molecular weight excluding hydrogens is 206 g/mol. The van der Waals surface area contributed by atoms with Crippen LogP contribution in [-0.4, -0.2) is 46.2 Å². The molecular formula is C12H17NO3. The Balaban J connectivity index is 2.01. The fourth-order valence-corrected chi connectivity index (χ4v) is 2.16. The molecule has 0 spiro atoms. The van der Waals surface area contributed by atoms with Gasteiger partial charge in [0.2, 0.25) is 0 Å². The van der Waals surface area contributed by atoms with Crippen molar-refractivity contribution in [3.63, 3.8) is 0 Å². The van der Waals surface area contributed by atoms with Crippen LogP contribution in [0.1, 0.15) is 5.56 Å². The molecule has 0 amide bonds. The van der Waals surface area contributed by atoms with Gasteiger partial charge in [-0.25, -0.2) is 0 Å². The molecule has 1 heterocycles. The maximum atomic E-state index is 9.80. The normalized spacial score (nSPS) is 34.2. The Kier molecular flexibility index (Phi) is 3.56. The van der Waals surface area contributed by atoms with Gasteiger partial charge in [-0.05, 0) is 12.0 Å². The fraction of sp³-hybridized carbons (Fsp3) is 0.500. The van der Waals surface area contributed by atoms with E-state index in [1.54, 1.807) is 0 Å². The van der Waals surface area contributed by atoms with Gasteiger partial charge in [-0.2, -0.15) is 0 Å². The van der Waals surface area contributed by atoms with Crippen LogP contribution in [0.5, 0.6) is 0 Å². The van der Waals surface area contributed by atoms with Crippen LogP contribution < -0.4 is 5.32 Å². The molecule has 1 aromatic carbocycles. The Morgan fingerprint density at radius 3 is 2.19 bits per heavy atom. The van der Waals surface area contributed by atoms with E-state index in [1.165, 1.54) is 0 Å². The van der Waals surface area contributed by atoms with E-state index in [2.05, 4.69) is 5.32 Å². The van der Waals surface area contributed by atoms with Crippen molar-refractivity contribution in [2.24, 2.45) is 0 Å². The summed E-state index contributed by atoms with van der Waals surface area (Å²) in [5, 5.41) is 31.5. The highest BCUT2D eigenvalue weighted by Crippen LogP contribution is 2.17. The van der Waals surface area contributed by atoms with Gasteiger partial charge in [-0.15, -0.1) is 0 Å². The van der Waals surface area contributed by atoms with Gasteiger partial charge in [-0.3, -0.25) is 0 Å². The van der Waals surface area contributed by atoms with Crippen molar-refractivity contribution in [2.45, 2.75) is 30.7 Å². The van der Waals surface area contributed by atoms with Crippen LogP contribution in [0.25, 0.3) is 0 Å². The lowest BCUT2D eigenvalue weighted by Gasteiger charge is -2.15. The van der Waals surface area contributed by atoms with Gasteiger partial charge in [0.05, 0.1) is 24.9 Å². The zero-order chi connectivity index (χ0) is 11.5. The first-order valence-corrected chi connectivity index (χ1v) is 5.49. The molecule has 1 aliphatic heterocycles. The molecule has 16 heavy (non-hydrogen) atoms. The van der Waals surface area contributed by atoms with Crippen LogP contribution in [0.3, 0.4) is 0 Å². The van der Waals surface area contributed by atoms with Crippen molar-refractivity contribution in [2.75, 3.05) is 6.61 Å². The molecule has 4 atom stereocenters. The predicted octanol–water partition coefficient (Wildman–Crippen LogP) is -0.716. The molecule has 4 nitrogen and oxygen atoms in total. The molecule has 0 unspecified atom stereocenters. The van der Waals surface area contributed by atoms with Crippen molar-refractivity contribution in [3.8, 4) is 0 Å². The third-order valence-corrected chi connectivity index (χ3v) is 3.10. The highest BCUT2D eigenvalue weighted by Gasteiger charge is 2.40. The molecule has 2 rings (SSSR count). The lowest BCUT2D eigenvalue weighted by atomic mass is 10.0. The second-order valence-corrected chi connectivity index (χ2v) is 4.23. The summed E-state index contributed by atoms with van der Waals surface area (Å²) in [6.45, 7) is -0.163. The first kappa shape index (κ1) is 11.5. The molecule has 1 aromatic rings. The summed E-state index contributed by atoms with van der Waals surface area (Å²) in [7, 11) is 0. The highest BCUT2D eigenvalue weighted by molar-refractivity contribution is 5.17. The van der Waals surface area contributed by atoms with Gasteiger partial charge in [0.25, 0.3) is 0 Å². The maximum absolute atomic E-state index is 9.80. The maximum Gasteiger partial charge on any atom is 0.0989 e. The van der Waals surface area contributed by atoms with E-state index in [4.69, 9.17) is 5.11 Å². The molecule has 1 aliphatic rings. The lowest BCUT2D eigenvalue weighted by Crippen LogP contribution is -2.36. The molecule has 0 bridgehead atoms. The van der Waals surface area contributed by atoms with E-state index in [9.17, 15) is 10.2 Å². The smallest absolute Gasteiger partial charge is 0.0989 e. The number of hydrogen-bond donors (Lipinski definition) is 4. The van der Waals surface area contributed by atoms with E-state index in [-0.39, 0.29) is 12.6 Å². The van der Waals surface area contributed by atoms with Gasteiger partial charge in [0.15, 0.2) is 0 Å². The van der Waals surface area contributed by atoms with E-state index in [0.717, 1.165) is 5.56 Å². The number of nitrogens with one attached hydrogen (secondary N) is 1. The number of benzene rings is 1. The van der Waals surface area contributed by atoms with Gasteiger partial charge < -0.3 is 20.6 Å². The third-order valence-electron chi connectivity index (χ3n) is 3.10. The Hall–Kier alpha value is -0.940. The minimum absolute atomic E-state index is 0.163. The van der Waals surface area contributed by atoms with Crippen LogP contribution in [-0.2, 0) is 6.42 Å². The summed E-state index contributed by atoms with van der Waals surface area (Å²) < 4.78 is 0. The summed E-state index contributed by atoms with van der Waals surface area (Å²) >= 11 is 0. The number of aliphatic hydroxyl groups is 3. The van der Waals surface area contributed by atoms with Gasteiger partial charge in [-0.1, -0.05) is 30.3 Å². The van der Waals surface area contributed by atoms with Gasteiger partial charge in [0.1, 0.15) is 0 Å². The van der Waals surface area contributed by atoms with Crippen molar-refractivity contribution in [1.29, 1.82) is 0 Å². The number of hydrogen-bond acceptors (Lipinski definition) is 4. The minimum atomic E-state index is -0.890. The Morgan fingerprint density at radius 1 is 1.00 bits per heavy atom. The standard InChI is InChI=1S/C12H17NO3/c14-7-10-12(16)11(15)9(13-10)6-8-4-2-1-3-5-8/h1-5,9-16H,6-7H2/t9-,10+,11-,12-/m0/s1. The SMILES string of the molecule is OC[C@H]1N[C@@H](Cc2ccccc2)[C@H](O)[C@H]1O. The third kappa shape index (κ3) is 2.25. The Morgan fingerprint density at radius 2 is 1.62 bits per heavy atom. The second kappa shape index (κ2) is 4.93. The summed E-state index contributed by atoms with van der Waals surface area (Å²) in [6.07, 6.45) is -1.06. The van der Waals surface area contributed by atoms with E-state index >= 15 is 0 Å². The summed E-state index contributed by atoms with van der Waals surface area (Å²) in [5.41, 5.74) is 1.10. The summed E-state index contributed by atoms with van der Waals surface area (Å²) in [4.78, 5) is 0. The molecule has 4 heteroatoms. The van der Waals surface area contributed by atoms with Crippen molar-refractivity contribution in [3.05, 3.63) is 35.9 Å². The van der Waals surface area contributed by atoms with Crippen LogP contribution in [0.2, 0.25) is 0 Å². The Bertz CT molecular complexity index is 330. The lowest BCUT2D eigenvalue weighted by molar-refractivity contribution is 0.0197. The summed E-state index contributed by atoms with van der Waals surface area (Å²) in [6, 6.07) is 9.15. The molecule has 1 fully saturated rings.